The van der Waals surface area contributed by atoms with E-state index in [0.29, 0.717) is 6.04 Å². The molecule has 0 bridgehead atoms. The predicted octanol–water partition coefficient (Wildman–Crippen LogP) is 3.96. The number of nitrogens with one attached hydrogen (secondary N) is 1. The van der Waals surface area contributed by atoms with Gasteiger partial charge in [-0.2, -0.15) is 0 Å². The zero-order chi connectivity index (χ0) is 14.7. The summed E-state index contributed by atoms with van der Waals surface area (Å²) in [6, 6.07) is 9.81. The van der Waals surface area contributed by atoms with Crippen LogP contribution in [0, 0.1) is 17.8 Å². The van der Waals surface area contributed by atoms with Crippen molar-refractivity contribution in [2.24, 2.45) is 17.8 Å². The SMILES string of the molecule is CCNC(c1ccc(CCOC)cc1)C1C2CCCCC21. The van der Waals surface area contributed by atoms with Crippen LogP contribution in [0.4, 0.5) is 0 Å². The third-order valence-corrected chi connectivity index (χ3v) is 5.47. The highest BCUT2D eigenvalue weighted by molar-refractivity contribution is 5.28. The molecule has 2 saturated carbocycles. The molecule has 3 unspecified atom stereocenters. The van der Waals surface area contributed by atoms with Gasteiger partial charge in [-0.1, -0.05) is 44.0 Å². The number of fused-ring (bicyclic) bond motifs is 1. The van der Waals surface area contributed by atoms with Crippen LogP contribution in [0.15, 0.2) is 24.3 Å². The summed E-state index contributed by atoms with van der Waals surface area (Å²) in [6.07, 6.45) is 6.84. The van der Waals surface area contributed by atoms with Crippen molar-refractivity contribution in [2.75, 3.05) is 20.3 Å². The topological polar surface area (TPSA) is 21.3 Å². The van der Waals surface area contributed by atoms with Crippen LogP contribution in [0.3, 0.4) is 0 Å². The van der Waals surface area contributed by atoms with Gasteiger partial charge in [0.1, 0.15) is 0 Å². The highest BCUT2D eigenvalue weighted by Crippen LogP contribution is 2.60. The standard InChI is InChI=1S/C19H29NO/c1-3-20-19(18-16-6-4-5-7-17(16)18)15-10-8-14(9-11-15)12-13-21-2/h8-11,16-20H,3-7,12-13H2,1-2H3. The molecule has 2 aliphatic carbocycles. The Labute approximate surface area is 129 Å². The van der Waals surface area contributed by atoms with Crippen LogP contribution >= 0.6 is 0 Å². The van der Waals surface area contributed by atoms with E-state index < -0.39 is 0 Å². The molecule has 3 atom stereocenters. The number of benzene rings is 1. The number of methoxy groups -OCH3 is 1. The second-order valence-corrected chi connectivity index (χ2v) is 6.71. The molecule has 3 rings (SSSR count). The van der Waals surface area contributed by atoms with Crippen LogP contribution < -0.4 is 5.32 Å². The first-order valence-corrected chi connectivity index (χ1v) is 8.66. The van der Waals surface area contributed by atoms with Crippen LogP contribution in [0.1, 0.15) is 49.8 Å². The minimum absolute atomic E-state index is 0.569. The Hall–Kier alpha value is -0.860. The normalized spacial score (nSPS) is 29.0. The summed E-state index contributed by atoms with van der Waals surface area (Å²) in [5.74, 6) is 2.88. The largest absolute Gasteiger partial charge is 0.384 e. The van der Waals surface area contributed by atoms with E-state index in [9.17, 15) is 0 Å². The minimum Gasteiger partial charge on any atom is -0.384 e. The van der Waals surface area contributed by atoms with Gasteiger partial charge < -0.3 is 10.1 Å². The van der Waals surface area contributed by atoms with Gasteiger partial charge in [-0.3, -0.25) is 0 Å². The lowest BCUT2D eigenvalue weighted by molar-refractivity contribution is 0.202. The van der Waals surface area contributed by atoms with Crippen molar-refractivity contribution < 1.29 is 4.74 Å². The lowest BCUT2D eigenvalue weighted by Crippen LogP contribution is -2.23. The molecule has 0 heterocycles. The summed E-state index contributed by atoms with van der Waals surface area (Å²) >= 11 is 0. The highest BCUT2D eigenvalue weighted by atomic mass is 16.5. The fourth-order valence-electron chi connectivity index (χ4n) is 4.35. The third-order valence-electron chi connectivity index (χ3n) is 5.47. The van der Waals surface area contributed by atoms with Gasteiger partial charge in [0.15, 0.2) is 0 Å². The fourth-order valence-corrected chi connectivity index (χ4v) is 4.35. The van der Waals surface area contributed by atoms with E-state index >= 15 is 0 Å². The monoisotopic (exact) mass is 287 g/mol. The number of ether oxygens (including phenoxy) is 1. The maximum Gasteiger partial charge on any atom is 0.0502 e. The molecule has 0 saturated heterocycles. The second-order valence-electron chi connectivity index (χ2n) is 6.71. The van der Waals surface area contributed by atoms with Gasteiger partial charge in [-0.05, 0) is 54.7 Å². The van der Waals surface area contributed by atoms with Crippen molar-refractivity contribution in [3.8, 4) is 0 Å². The summed E-state index contributed by atoms with van der Waals surface area (Å²) < 4.78 is 5.16. The molecule has 0 aliphatic heterocycles. The molecule has 0 aromatic heterocycles. The first-order valence-electron chi connectivity index (χ1n) is 8.66. The Bertz CT molecular complexity index is 429. The van der Waals surface area contributed by atoms with Crippen LogP contribution in [-0.2, 0) is 11.2 Å². The van der Waals surface area contributed by atoms with Crippen molar-refractivity contribution in [1.82, 2.24) is 5.32 Å². The molecule has 1 aromatic carbocycles. The smallest absolute Gasteiger partial charge is 0.0502 e. The van der Waals surface area contributed by atoms with E-state index in [1.54, 1.807) is 7.11 Å². The van der Waals surface area contributed by atoms with Gasteiger partial charge in [0.2, 0.25) is 0 Å². The zero-order valence-electron chi connectivity index (χ0n) is 13.5. The van der Waals surface area contributed by atoms with E-state index in [0.717, 1.165) is 37.3 Å². The summed E-state index contributed by atoms with van der Waals surface area (Å²) in [5.41, 5.74) is 2.86. The lowest BCUT2D eigenvalue weighted by atomic mass is 9.98. The summed E-state index contributed by atoms with van der Waals surface area (Å²) in [6.45, 7) is 4.10. The molecule has 0 radical (unpaired) electrons. The van der Waals surface area contributed by atoms with Crippen molar-refractivity contribution in [2.45, 2.75) is 45.1 Å². The van der Waals surface area contributed by atoms with E-state index in [1.807, 2.05) is 0 Å². The van der Waals surface area contributed by atoms with Gasteiger partial charge in [0, 0.05) is 13.2 Å². The Morgan fingerprint density at radius 1 is 1.14 bits per heavy atom. The maximum absolute atomic E-state index is 5.16. The number of hydrogen-bond donors (Lipinski definition) is 1. The average molecular weight is 287 g/mol. The second kappa shape index (κ2) is 6.93. The van der Waals surface area contributed by atoms with Gasteiger partial charge in [-0.25, -0.2) is 0 Å². The molecular weight excluding hydrogens is 258 g/mol. The molecule has 2 nitrogen and oxygen atoms in total. The molecule has 1 N–H and O–H groups in total. The Morgan fingerprint density at radius 2 is 1.81 bits per heavy atom. The average Bonchev–Trinajstić information content (AvgIpc) is 3.25. The summed E-state index contributed by atoms with van der Waals surface area (Å²) in [4.78, 5) is 0. The van der Waals surface area contributed by atoms with Crippen LogP contribution in [0.2, 0.25) is 0 Å². The molecule has 0 amide bonds. The summed E-state index contributed by atoms with van der Waals surface area (Å²) in [5, 5.41) is 3.76. The Balaban J connectivity index is 1.69. The van der Waals surface area contributed by atoms with Gasteiger partial charge in [0.05, 0.1) is 6.61 Å². The number of rotatable bonds is 7. The first-order chi connectivity index (χ1) is 10.3. The molecule has 0 spiro atoms. The quantitative estimate of drug-likeness (QED) is 0.819. The first kappa shape index (κ1) is 15.1. The van der Waals surface area contributed by atoms with Crippen LogP contribution in [0.5, 0.6) is 0 Å². The van der Waals surface area contributed by atoms with Crippen LogP contribution in [-0.4, -0.2) is 20.3 Å². The summed E-state index contributed by atoms with van der Waals surface area (Å²) in [7, 11) is 1.77. The van der Waals surface area contributed by atoms with E-state index in [2.05, 4.69) is 36.5 Å². The van der Waals surface area contributed by atoms with E-state index in [4.69, 9.17) is 4.74 Å². The van der Waals surface area contributed by atoms with Gasteiger partial charge in [0.25, 0.3) is 0 Å². The lowest BCUT2D eigenvalue weighted by Gasteiger charge is -2.19. The minimum atomic E-state index is 0.569. The fraction of sp³-hybridized carbons (Fsp3) is 0.684. The Morgan fingerprint density at radius 3 is 2.38 bits per heavy atom. The maximum atomic E-state index is 5.16. The Kier molecular flexibility index (Phi) is 4.97. The van der Waals surface area contributed by atoms with Crippen LogP contribution in [0.25, 0.3) is 0 Å². The van der Waals surface area contributed by atoms with E-state index in [1.165, 1.54) is 36.8 Å². The van der Waals surface area contributed by atoms with Crippen molar-refractivity contribution in [3.63, 3.8) is 0 Å². The highest BCUT2D eigenvalue weighted by Gasteiger charge is 2.54. The molecule has 2 heteroatoms. The molecule has 116 valence electrons. The molecule has 2 aliphatic rings. The molecular formula is C19H29NO. The molecule has 2 fully saturated rings. The predicted molar refractivity (Wildman–Crippen MR) is 87.4 cm³/mol. The number of hydrogen-bond acceptors (Lipinski definition) is 2. The molecule has 1 aromatic rings. The zero-order valence-corrected chi connectivity index (χ0v) is 13.5. The van der Waals surface area contributed by atoms with Gasteiger partial charge >= 0.3 is 0 Å². The van der Waals surface area contributed by atoms with Crippen molar-refractivity contribution >= 4 is 0 Å². The molecule has 21 heavy (non-hydrogen) atoms. The van der Waals surface area contributed by atoms with Crippen molar-refractivity contribution in [3.05, 3.63) is 35.4 Å². The third kappa shape index (κ3) is 3.32. The van der Waals surface area contributed by atoms with Crippen molar-refractivity contribution in [1.29, 1.82) is 0 Å². The van der Waals surface area contributed by atoms with E-state index in [-0.39, 0.29) is 0 Å². The van der Waals surface area contributed by atoms with Gasteiger partial charge in [-0.15, -0.1) is 0 Å².